The molecule has 1 aromatic heterocycles. The summed E-state index contributed by atoms with van der Waals surface area (Å²) in [5, 5.41) is 2.91. The van der Waals surface area contributed by atoms with Gasteiger partial charge in [0.1, 0.15) is 11.6 Å². The zero-order valence-electron chi connectivity index (χ0n) is 14.0. The fourth-order valence-electron chi connectivity index (χ4n) is 2.55. The smallest absolute Gasteiger partial charge is 0.222 e. The number of carbonyl (C=O) groups excluding carboxylic acids is 1. The van der Waals surface area contributed by atoms with Crippen molar-refractivity contribution in [3.8, 4) is 11.5 Å². The van der Waals surface area contributed by atoms with Crippen molar-refractivity contribution >= 4 is 17.2 Å². The molecule has 1 fully saturated rings. The molecule has 3 rings (SSSR count). The molecule has 5 nitrogen and oxygen atoms in total. The molecule has 0 atom stereocenters. The van der Waals surface area contributed by atoms with Crippen LogP contribution in [0.5, 0.6) is 11.5 Å². The summed E-state index contributed by atoms with van der Waals surface area (Å²) >= 11 is 1.56. The van der Waals surface area contributed by atoms with Gasteiger partial charge in [-0.2, -0.15) is 0 Å². The SMILES string of the molecule is CCC(=O)N(Cc1csc(COc2ccccc2OC)n1)C1CC1. The monoisotopic (exact) mass is 346 g/mol. The summed E-state index contributed by atoms with van der Waals surface area (Å²) in [5.74, 6) is 1.62. The van der Waals surface area contributed by atoms with Gasteiger partial charge in [0.25, 0.3) is 0 Å². The summed E-state index contributed by atoms with van der Waals surface area (Å²) < 4.78 is 11.1. The van der Waals surface area contributed by atoms with E-state index in [0.717, 1.165) is 23.5 Å². The van der Waals surface area contributed by atoms with Gasteiger partial charge in [0, 0.05) is 17.8 Å². The van der Waals surface area contributed by atoms with Crippen molar-refractivity contribution in [2.24, 2.45) is 0 Å². The lowest BCUT2D eigenvalue weighted by Crippen LogP contribution is -2.32. The highest BCUT2D eigenvalue weighted by Gasteiger charge is 2.32. The number of hydrogen-bond acceptors (Lipinski definition) is 5. The van der Waals surface area contributed by atoms with Crippen molar-refractivity contribution in [3.63, 3.8) is 0 Å². The lowest BCUT2D eigenvalue weighted by atomic mass is 10.3. The van der Waals surface area contributed by atoms with Crippen LogP contribution in [0.3, 0.4) is 0 Å². The van der Waals surface area contributed by atoms with Crippen molar-refractivity contribution in [2.75, 3.05) is 7.11 Å². The Morgan fingerprint density at radius 2 is 2.08 bits per heavy atom. The normalized spacial score (nSPS) is 13.6. The standard InChI is InChI=1S/C18H22N2O3S/c1-3-18(21)20(14-8-9-14)10-13-12-24-17(19-13)11-23-16-7-5-4-6-15(16)22-2/h4-7,12,14H,3,8-11H2,1-2H3. The Bertz CT molecular complexity index is 697. The van der Waals surface area contributed by atoms with Gasteiger partial charge in [-0.05, 0) is 25.0 Å². The minimum Gasteiger partial charge on any atom is -0.493 e. The number of rotatable bonds is 8. The van der Waals surface area contributed by atoms with Crippen LogP contribution >= 0.6 is 11.3 Å². The fourth-order valence-corrected chi connectivity index (χ4v) is 3.25. The summed E-state index contributed by atoms with van der Waals surface area (Å²) in [6.45, 7) is 2.91. The predicted molar refractivity (Wildman–Crippen MR) is 93.3 cm³/mol. The molecular weight excluding hydrogens is 324 g/mol. The molecule has 0 saturated heterocycles. The molecule has 1 aromatic carbocycles. The van der Waals surface area contributed by atoms with Crippen LogP contribution in [-0.4, -0.2) is 28.9 Å². The molecule has 0 unspecified atom stereocenters. The van der Waals surface area contributed by atoms with Crippen LogP contribution in [0.1, 0.15) is 36.9 Å². The first kappa shape index (κ1) is 16.8. The minimum absolute atomic E-state index is 0.206. The van der Waals surface area contributed by atoms with Crippen LogP contribution in [0.15, 0.2) is 29.6 Å². The number of para-hydroxylation sites is 2. The molecule has 1 amide bonds. The van der Waals surface area contributed by atoms with Crippen molar-refractivity contribution in [1.29, 1.82) is 0 Å². The Balaban J connectivity index is 1.60. The average Bonchev–Trinajstić information content (AvgIpc) is 3.36. The molecule has 2 aromatic rings. The maximum atomic E-state index is 12.0. The molecule has 0 N–H and O–H groups in total. The second kappa shape index (κ2) is 7.66. The van der Waals surface area contributed by atoms with E-state index in [1.165, 1.54) is 0 Å². The number of ether oxygens (including phenoxy) is 2. The number of amides is 1. The molecule has 1 saturated carbocycles. The first-order valence-corrected chi connectivity index (χ1v) is 9.07. The molecule has 1 aliphatic rings. The van der Waals surface area contributed by atoms with Gasteiger partial charge in [0.2, 0.25) is 5.91 Å². The third-order valence-corrected chi connectivity index (χ3v) is 4.83. The van der Waals surface area contributed by atoms with E-state index in [4.69, 9.17) is 9.47 Å². The molecule has 0 spiro atoms. The molecule has 1 heterocycles. The summed E-state index contributed by atoms with van der Waals surface area (Å²) in [5.41, 5.74) is 0.937. The van der Waals surface area contributed by atoms with E-state index >= 15 is 0 Å². The summed E-state index contributed by atoms with van der Waals surface area (Å²) in [7, 11) is 1.63. The van der Waals surface area contributed by atoms with Gasteiger partial charge in [-0.15, -0.1) is 11.3 Å². The van der Waals surface area contributed by atoms with Gasteiger partial charge in [0.15, 0.2) is 11.5 Å². The molecule has 128 valence electrons. The lowest BCUT2D eigenvalue weighted by molar-refractivity contribution is -0.132. The Hall–Kier alpha value is -2.08. The highest BCUT2D eigenvalue weighted by Crippen LogP contribution is 2.30. The Morgan fingerprint density at radius 3 is 2.75 bits per heavy atom. The lowest BCUT2D eigenvalue weighted by Gasteiger charge is -2.20. The van der Waals surface area contributed by atoms with Crippen molar-refractivity contribution in [2.45, 2.75) is 45.4 Å². The fraction of sp³-hybridized carbons (Fsp3) is 0.444. The van der Waals surface area contributed by atoms with Crippen LogP contribution in [0, 0.1) is 0 Å². The molecular formula is C18H22N2O3S. The topological polar surface area (TPSA) is 51.7 Å². The quantitative estimate of drug-likeness (QED) is 0.732. The number of thiazole rings is 1. The minimum atomic E-state index is 0.206. The van der Waals surface area contributed by atoms with Gasteiger partial charge in [0.05, 0.1) is 19.3 Å². The maximum Gasteiger partial charge on any atom is 0.222 e. The number of nitrogens with zero attached hydrogens (tertiary/aromatic N) is 2. The first-order chi connectivity index (χ1) is 11.7. The molecule has 0 bridgehead atoms. The summed E-state index contributed by atoms with van der Waals surface area (Å²) in [6, 6.07) is 7.97. The van der Waals surface area contributed by atoms with E-state index < -0.39 is 0 Å². The molecule has 1 aliphatic carbocycles. The van der Waals surface area contributed by atoms with Crippen LogP contribution in [0.4, 0.5) is 0 Å². The molecule has 6 heteroatoms. The van der Waals surface area contributed by atoms with Gasteiger partial charge >= 0.3 is 0 Å². The maximum absolute atomic E-state index is 12.0. The summed E-state index contributed by atoms with van der Waals surface area (Å²) in [6.07, 6.45) is 2.77. The first-order valence-electron chi connectivity index (χ1n) is 8.19. The van der Waals surface area contributed by atoms with Gasteiger partial charge < -0.3 is 14.4 Å². The third-order valence-electron chi connectivity index (χ3n) is 3.96. The number of hydrogen-bond donors (Lipinski definition) is 0. The van der Waals surface area contributed by atoms with Gasteiger partial charge in [-0.1, -0.05) is 19.1 Å². The molecule has 0 aliphatic heterocycles. The van der Waals surface area contributed by atoms with E-state index in [-0.39, 0.29) is 5.91 Å². The zero-order chi connectivity index (χ0) is 16.9. The highest BCUT2D eigenvalue weighted by atomic mass is 32.1. The van der Waals surface area contributed by atoms with E-state index in [0.29, 0.717) is 37.1 Å². The zero-order valence-corrected chi connectivity index (χ0v) is 14.8. The number of carbonyl (C=O) groups is 1. The third kappa shape index (κ3) is 4.06. The summed E-state index contributed by atoms with van der Waals surface area (Å²) in [4.78, 5) is 18.6. The van der Waals surface area contributed by atoms with Crippen LogP contribution in [0.2, 0.25) is 0 Å². The van der Waals surface area contributed by atoms with Crippen molar-refractivity contribution in [1.82, 2.24) is 9.88 Å². The number of benzene rings is 1. The number of aromatic nitrogens is 1. The van der Waals surface area contributed by atoms with Gasteiger partial charge in [-0.3, -0.25) is 4.79 Å². The predicted octanol–water partition coefficient (Wildman–Crippen LogP) is 3.63. The van der Waals surface area contributed by atoms with E-state index in [9.17, 15) is 4.79 Å². The van der Waals surface area contributed by atoms with E-state index in [1.807, 2.05) is 41.5 Å². The second-order valence-corrected chi connectivity index (χ2v) is 6.72. The van der Waals surface area contributed by atoms with Crippen LogP contribution in [-0.2, 0) is 17.9 Å². The van der Waals surface area contributed by atoms with Gasteiger partial charge in [-0.25, -0.2) is 4.98 Å². The van der Waals surface area contributed by atoms with Crippen molar-refractivity contribution < 1.29 is 14.3 Å². The number of methoxy groups -OCH3 is 1. The molecule has 24 heavy (non-hydrogen) atoms. The Kier molecular flexibility index (Phi) is 5.35. The Morgan fingerprint density at radius 1 is 1.33 bits per heavy atom. The van der Waals surface area contributed by atoms with E-state index in [1.54, 1.807) is 18.4 Å². The largest absolute Gasteiger partial charge is 0.493 e. The highest BCUT2D eigenvalue weighted by molar-refractivity contribution is 7.09. The van der Waals surface area contributed by atoms with E-state index in [2.05, 4.69) is 4.98 Å². The average molecular weight is 346 g/mol. The van der Waals surface area contributed by atoms with Crippen LogP contribution < -0.4 is 9.47 Å². The van der Waals surface area contributed by atoms with Crippen molar-refractivity contribution in [3.05, 3.63) is 40.3 Å². The van der Waals surface area contributed by atoms with Crippen LogP contribution in [0.25, 0.3) is 0 Å². The Labute approximate surface area is 146 Å². The molecule has 0 radical (unpaired) electrons. The second-order valence-electron chi connectivity index (χ2n) is 5.78.